The van der Waals surface area contributed by atoms with Crippen molar-refractivity contribution in [1.82, 2.24) is 9.88 Å². The van der Waals surface area contributed by atoms with Gasteiger partial charge in [-0.1, -0.05) is 17.7 Å². The van der Waals surface area contributed by atoms with Crippen molar-refractivity contribution in [3.8, 4) is 0 Å². The molecule has 6 heteroatoms. The van der Waals surface area contributed by atoms with Crippen LogP contribution in [0.4, 0.5) is 5.82 Å². The van der Waals surface area contributed by atoms with Gasteiger partial charge in [0.05, 0.1) is 6.54 Å². The highest BCUT2D eigenvalue weighted by molar-refractivity contribution is 7.09. The Kier molecular flexibility index (Phi) is 4.39. The SMILES string of the molecule is CNc1cc(C(=O)N(C)Cc2cccs2)cc(Cl)n1. The van der Waals surface area contributed by atoms with Crippen molar-refractivity contribution < 1.29 is 4.79 Å². The average Bonchev–Trinajstić information content (AvgIpc) is 2.89. The molecule has 0 aliphatic carbocycles. The molecule has 0 saturated heterocycles. The third kappa shape index (κ3) is 3.45. The third-order valence-corrected chi connectivity index (χ3v) is 3.67. The summed E-state index contributed by atoms with van der Waals surface area (Å²) in [5, 5.41) is 5.18. The number of rotatable bonds is 4. The molecular formula is C13H14ClN3OS. The molecule has 0 saturated carbocycles. The van der Waals surface area contributed by atoms with Crippen molar-refractivity contribution in [3.63, 3.8) is 0 Å². The number of anilines is 1. The van der Waals surface area contributed by atoms with Gasteiger partial charge in [-0.05, 0) is 23.6 Å². The van der Waals surface area contributed by atoms with Gasteiger partial charge in [0.15, 0.2) is 0 Å². The molecular weight excluding hydrogens is 282 g/mol. The van der Waals surface area contributed by atoms with E-state index in [1.54, 1.807) is 42.5 Å². The number of amides is 1. The fourth-order valence-corrected chi connectivity index (χ4v) is 2.64. The molecule has 0 spiro atoms. The molecule has 0 bridgehead atoms. The lowest BCUT2D eigenvalue weighted by atomic mass is 10.2. The van der Waals surface area contributed by atoms with Gasteiger partial charge in [-0.25, -0.2) is 4.98 Å². The van der Waals surface area contributed by atoms with Crippen LogP contribution in [0.2, 0.25) is 5.15 Å². The first-order valence-electron chi connectivity index (χ1n) is 5.73. The van der Waals surface area contributed by atoms with Crippen molar-refractivity contribution in [2.45, 2.75) is 6.54 Å². The van der Waals surface area contributed by atoms with Crippen molar-refractivity contribution in [3.05, 3.63) is 45.2 Å². The van der Waals surface area contributed by atoms with Gasteiger partial charge < -0.3 is 10.2 Å². The lowest BCUT2D eigenvalue weighted by molar-refractivity contribution is 0.0786. The zero-order valence-corrected chi connectivity index (χ0v) is 12.3. The summed E-state index contributed by atoms with van der Waals surface area (Å²) in [6.45, 7) is 0.589. The van der Waals surface area contributed by atoms with E-state index in [9.17, 15) is 4.79 Å². The first-order valence-corrected chi connectivity index (χ1v) is 6.99. The molecule has 0 radical (unpaired) electrons. The zero-order valence-electron chi connectivity index (χ0n) is 10.7. The normalized spacial score (nSPS) is 10.3. The van der Waals surface area contributed by atoms with Gasteiger partial charge in [-0.2, -0.15) is 0 Å². The summed E-state index contributed by atoms with van der Waals surface area (Å²) in [5.74, 6) is 0.509. The zero-order chi connectivity index (χ0) is 13.8. The summed E-state index contributed by atoms with van der Waals surface area (Å²) in [7, 11) is 3.51. The van der Waals surface area contributed by atoms with Crippen LogP contribution < -0.4 is 5.32 Å². The predicted molar refractivity (Wildman–Crippen MR) is 78.9 cm³/mol. The van der Waals surface area contributed by atoms with E-state index >= 15 is 0 Å². The molecule has 0 aliphatic heterocycles. The minimum atomic E-state index is -0.0748. The molecule has 100 valence electrons. The average molecular weight is 296 g/mol. The molecule has 1 N–H and O–H groups in total. The molecule has 1 amide bonds. The first kappa shape index (κ1) is 13.8. The smallest absolute Gasteiger partial charge is 0.254 e. The number of hydrogen-bond donors (Lipinski definition) is 1. The standard InChI is InChI=1S/C13H14ClN3OS/c1-15-12-7-9(6-11(14)16-12)13(18)17(2)8-10-4-3-5-19-10/h3-7H,8H2,1-2H3,(H,15,16). The van der Waals surface area contributed by atoms with Crippen molar-refractivity contribution in [1.29, 1.82) is 0 Å². The van der Waals surface area contributed by atoms with E-state index in [4.69, 9.17) is 11.6 Å². The summed E-state index contributed by atoms with van der Waals surface area (Å²) in [5.41, 5.74) is 0.531. The molecule has 2 heterocycles. The van der Waals surface area contributed by atoms with Crippen LogP contribution in [0.15, 0.2) is 29.6 Å². The highest BCUT2D eigenvalue weighted by Crippen LogP contribution is 2.17. The summed E-state index contributed by atoms with van der Waals surface area (Å²) in [4.78, 5) is 19.2. The van der Waals surface area contributed by atoms with Gasteiger partial charge in [0, 0.05) is 24.5 Å². The van der Waals surface area contributed by atoms with Gasteiger partial charge >= 0.3 is 0 Å². The third-order valence-electron chi connectivity index (χ3n) is 2.62. The molecule has 0 aromatic carbocycles. The van der Waals surface area contributed by atoms with Gasteiger partial charge in [-0.3, -0.25) is 4.79 Å². The maximum atomic E-state index is 12.3. The monoisotopic (exact) mass is 295 g/mol. The van der Waals surface area contributed by atoms with Gasteiger partial charge in [-0.15, -0.1) is 11.3 Å². The van der Waals surface area contributed by atoms with Crippen molar-refractivity contribution in [2.24, 2.45) is 0 Å². The fraction of sp³-hybridized carbons (Fsp3) is 0.231. The summed E-state index contributed by atoms with van der Waals surface area (Å²) in [6, 6.07) is 7.25. The lowest BCUT2D eigenvalue weighted by Crippen LogP contribution is -2.26. The molecule has 4 nitrogen and oxygen atoms in total. The number of carbonyl (C=O) groups is 1. The number of carbonyl (C=O) groups excluding carboxylic acids is 1. The Morgan fingerprint density at radius 2 is 2.32 bits per heavy atom. The quantitative estimate of drug-likeness (QED) is 0.882. The topological polar surface area (TPSA) is 45.2 Å². The van der Waals surface area contributed by atoms with Gasteiger partial charge in [0.1, 0.15) is 11.0 Å². The van der Waals surface area contributed by atoms with Gasteiger partial charge in [0.2, 0.25) is 0 Å². The summed E-state index contributed by atoms with van der Waals surface area (Å²) < 4.78 is 0. The molecule has 0 atom stereocenters. The first-order chi connectivity index (χ1) is 9.10. The highest BCUT2D eigenvalue weighted by atomic mass is 35.5. The minimum absolute atomic E-state index is 0.0748. The molecule has 0 aliphatic rings. The maximum Gasteiger partial charge on any atom is 0.254 e. The molecule has 2 rings (SSSR count). The Morgan fingerprint density at radius 3 is 2.95 bits per heavy atom. The Hall–Kier alpha value is -1.59. The predicted octanol–water partition coefficient (Wildman–Crippen LogP) is 3.11. The number of nitrogens with zero attached hydrogens (tertiary/aromatic N) is 2. The molecule has 0 fully saturated rings. The summed E-state index contributed by atoms with van der Waals surface area (Å²) in [6.07, 6.45) is 0. The van der Waals surface area contributed by atoms with Crippen LogP contribution in [0, 0.1) is 0 Å². The number of nitrogens with one attached hydrogen (secondary N) is 1. The largest absolute Gasteiger partial charge is 0.373 e. The molecule has 0 unspecified atom stereocenters. The Balaban J connectivity index is 2.16. The van der Waals surface area contributed by atoms with Crippen molar-refractivity contribution in [2.75, 3.05) is 19.4 Å². The Morgan fingerprint density at radius 1 is 1.53 bits per heavy atom. The second kappa shape index (κ2) is 6.04. The second-order valence-electron chi connectivity index (χ2n) is 4.05. The lowest BCUT2D eigenvalue weighted by Gasteiger charge is -2.16. The number of halogens is 1. The highest BCUT2D eigenvalue weighted by Gasteiger charge is 2.14. The summed E-state index contributed by atoms with van der Waals surface area (Å²) >= 11 is 7.53. The van der Waals surface area contributed by atoms with Crippen LogP contribution in [-0.2, 0) is 6.54 Å². The van der Waals surface area contributed by atoms with Crippen molar-refractivity contribution >= 4 is 34.7 Å². The minimum Gasteiger partial charge on any atom is -0.373 e. The van der Waals surface area contributed by atoms with E-state index in [0.29, 0.717) is 23.1 Å². The number of pyridine rings is 1. The van der Waals surface area contributed by atoms with Crippen LogP contribution in [-0.4, -0.2) is 29.9 Å². The van der Waals surface area contributed by atoms with Crippen LogP contribution in [0.1, 0.15) is 15.2 Å². The number of aromatic nitrogens is 1. The van der Waals surface area contributed by atoms with E-state index in [-0.39, 0.29) is 5.91 Å². The van der Waals surface area contributed by atoms with Gasteiger partial charge in [0.25, 0.3) is 5.91 Å². The van der Waals surface area contributed by atoms with Crippen LogP contribution >= 0.6 is 22.9 Å². The van der Waals surface area contributed by atoms with E-state index in [0.717, 1.165) is 4.88 Å². The molecule has 2 aromatic heterocycles. The fourth-order valence-electron chi connectivity index (χ4n) is 1.68. The van der Waals surface area contributed by atoms with E-state index in [2.05, 4.69) is 10.3 Å². The Bertz CT molecular complexity index is 571. The Labute approximate surface area is 121 Å². The van der Waals surface area contributed by atoms with Crippen LogP contribution in [0.3, 0.4) is 0 Å². The number of hydrogen-bond acceptors (Lipinski definition) is 4. The van der Waals surface area contributed by atoms with E-state index in [1.165, 1.54) is 0 Å². The van der Waals surface area contributed by atoms with Crippen LogP contribution in [0.25, 0.3) is 0 Å². The molecule has 19 heavy (non-hydrogen) atoms. The van der Waals surface area contributed by atoms with E-state index in [1.807, 2.05) is 17.5 Å². The van der Waals surface area contributed by atoms with E-state index < -0.39 is 0 Å². The second-order valence-corrected chi connectivity index (χ2v) is 5.47. The van der Waals surface area contributed by atoms with Crippen LogP contribution in [0.5, 0.6) is 0 Å². The molecule has 2 aromatic rings. The number of thiophene rings is 1. The maximum absolute atomic E-state index is 12.3.